The molecule has 0 aromatic heterocycles. The lowest BCUT2D eigenvalue weighted by Gasteiger charge is -2.20. The van der Waals surface area contributed by atoms with Gasteiger partial charge in [0.1, 0.15) is 0 Å². The number of halogens is 2. The molecule has 0 fully saturated rings. The summed E-state index contributed by atoms with van der Waals surface area (Å²) in [5.41, 5.74) is 0.509. The third kappa shape index (κ3) is 4.62. The minimum Gasteiger partial charge on any atom is -0.347 e. The third-order valence-corrected chi connectivity index (χ3v) is 3.08. The molecule has 0 heterocycles. The van der Waals surface area contributed by atoms with Crippen molar-refractivity contribution in [1.29, 1.82) is 0 Å². The van der Waals surface area contributed by atoms with Crippen molar-refractivity contribution in [2.24, 2.45) is 0 Å². The average molecular weight is 332 g/mol. The van der Waals surface area contributed by atoms with Crippen LogP contribution in [-0.4, -0.2) is 17.4 Å². The molecule has 126 valence electrons. The summed E-state index contributed by atoms with van der Waals surface area (Å²) in [5.74, 6) is -2.75. The lowest BCUT2D eigenvalue weighted by molar-refractivity contribution is 0.0918. The quantitative estimate of drug-likeness (QED) is 0.899. The van der Waals surface area contributed by atoms with Crippen LogP contribution in [0.5, 0.6) is 0 Å². The first-order valence-corrected chi connectivity index (χ1v) is 7.35. The minimum atomic E-state index is -1.04. The average Bonchev–Trinajstić information content (AvgIpc) is 2.49. The number of hydrogen-bond acceptors (Lipinski definition) is 2. The molecular weight excluding hydrogens is 314 g/mol. The topological polar surface area (TPSA) is 58.2 Å². The summed E-state index contributed by atoms with van der Waals surface area (Å²) in [6.45, 7) is 5.61. The molecule has 0 spiro atoms. The molecule has 0 saturated carbocycles. The SMILES string of the molecule is CC(C)(C)NC(=O)c1ccc(C(=O)Nc2ccc(F)c(F)c2)cc1. The zero-order valence-electron chi connectivity index (χ0n) is 13.6. The molecule has 0 unspecified atom stereocenters. The van der Waals surface area contributed by atoms with Crippen molar-refractivity contribution in [3.63, 3.8) is 0 Å². The number of benzene rings is 2. The number of amides is 2. The van der Waals surface area contributed by atoms with E-state index in [4.69, 9.17) is 0 Å². The molecule has 0 aliphatic heterocycles. The van der Waals surface area contributed by atoms with Gasteiger partial charge >= 0.3 is 0 Å². The summed E-state index contributed by atoms with van der Waals surface area (Å²) >= 11 is 0. The van der Waals surface area contributed by atoms with Crippen molar-refractivity contribution in [3.8, 4) is 0 Å². The third-order valence-electron chi connectivity index (χ3n) is 3.08. The normalized spacial score (nSPS) is 11.0. The van der Waals surface area contributed by atoms with Gasteiger partial charge in [0.15, 0.2) is 11.6 Å². The second-order valence-corrected chi connectivity index (χ2v) is 6.36. The second kappa shape index (κ2) is 6.78. The molecule has 0 bridgehead atoms. The Morgan fingerprint density at radius 2 is 1.38 bits per heavy atom. The van der Waals surface area contributed by atoms with E-state index in [1.165, 1.54) is 30.3 Å². The zero-order valence-corrected chi connectivity index (χ0v) is 13.6. The van der Waals surface area contributed by atoms with E-state index < -0.39 is 17.5 Å². The fourth-order valence-corrected chi connectivity index (χ4v) is 1.96. The van der Waals surface area contributed by atoms with Crippen LogP contribution in [-0.2, 0) is 0 Å². The Bertz CT molecular complexity index is 766. The Morgan fingerprint density at radius 3 is 1.88 bits per heavy atom. The summed E-state index contributed by atoms with van der Waals surface area (Å²) in [5, 5.41) is 5.29. The van der Waals surface area contributed by atoms with Crippen molar-refractivity contribution in [3.05, 3.63) is 65.2 Å². The minimum absolute atomic E-state index is 0.147. The molecule has 24 heavy (non-hydrogen) atoms. The van der Waals surface area contributed by atoms with E-state index in [1.54, 1.807) is 0 Å². The van der Waals surface area contributed by atoms with Crippen LogP contribution in [0.4, 0.5) is 14.5 Å². The van der Waals surface area contributed by atoms with Gasteiger partial charge in [0.2, 0.25) is 0 Å². The number of nitrogens with one attached hydrogen (secondary N) is 2. The highest BCUT2D eigenvalue weighted by atomic mass is 19.2. The van der Waals surface area contributed by atoms with E-state index in [9.17, 15) is 18.4 Å². The van der Waals surface area contributed by atoms with Crippen LogP contribution in [0.25, 0.3) is 0 Å². The largest absolute Gasteiger partial charge is 0.347 e. The molecule has 4 nitrogen and oxygen atoms in total. The van der Waals surface area contributed by atoms with Gasteiger partial charge in [-0.25, -0.2) is 8.78 Å². The van der Waals surface area contributed by atoms with Crippen molar-refractivity contribution in [2.45, 2.75) is 26.3 Å². The first-order valence-electron chi connectivity index (χ1n) is 7.35. The Kier molecular flexibility index (Phi) is 4.97. The Morgan fingerprint density at radius 1 is 0.833 bits per heavy atom. The molecular formula is C18H18F2N2O2. The smallest absolute Gasteiger partial charge is 0.255 e. The van der Waals surface area contributed by atoms with Crippen molar-refractivity contribution in [2.75, 3.05) is 5.32 Å². The van der Waals surface area contributed by atoms with Gasteiger partial charge in [-0.3, -0.25) is 9.59 Å². The summed E-state index contributed by atoms with van der Waals surface area (Å²) in [7, 11) is 0. The van der Waals surface area contributed by atoms with Crippen LogP contribution >= 0.6 is 0 Å². The molecule has 2 N–H and O–H groups in total. The monoisotopic (exact) mass is 332 g/mol. The fraction of sp³-hybridized carbons (Fsp3) is 0.222. The van der Waals surface area contributed by atoms with Gasteiger partial charge in [0.05, 0.1) is 0 Å². The predicted molar refractivity (Wildman–Crippen MR) is 88.0 cm³/mol. The molecule has 2 aromatic rings. The van der Waals surface area contributed by atoms with Crippen LogP contribution in [0, 0.1) is 11.6 Å². The van der Waals surface area contributed by atoms with Crippen LogP contribution in [0.1, 0.15) is 41.5 Å². The van der Waals surface area contributed by atoms with E-state index in [0.717, 1.165) is 12.1 Å². The Balaban J connectivity index is 2.08. The molecule has 2 rings (SSSR count). The number of hydrogen-bond donors (Lipinski definition) is 2. The van der Waals surface area contributed by atoms with Gasteiger partial charge < -0.3 is 10.6 Å². The maximum atomic E-state index is 13.1. The van der Waals surface area contributed by atoms with E-state index in [1.807, 2.05) is 20.8 Å². The van der Waals surface area contributed by atoms with Crippen molar-refractivity contribution in [1.82, 2.24) is 5.32 Å². The first-order chi connectivity index (χ1) is 11.2. The molecule has 0 saturated heterocycles. The zero-order chi connectivity index (χ0) is 17.9. The molecule has 0 aliphatic carbocycles. The number of carbonyl (C=O) groups excluding carboxylic acids is 2. The summed E-state index contributed by atoms with van der Waals surface area (Å²) in [6, 6.07) is 9.15. The predicted octanol–water partition coefficient (Wildman–Crippen LogP) is 3.75. The van der Waals surface area contributed by atoms with E-state index in [-0.39, 0.29) is 17.1 Å². The van der Waals surface area contributed by atoms with Crippen LogP contribution in [0.15, 0.2) is 42.5 Å². The molecule has 6 heteroatoms. The van der Waals surface area contributed by atoms with Crippen molar-refractivity contribution >= 4 is 17.5 Å². The molecule has 2 amide bonds. The van der Waals surface area contributed by atoms with Gasteiger partial charge in [-0.15, -0.1) is 0 Å². The summed E-state index contributed by atoms with van der Waals surface area (Å²) < 4.78 is 26.0. The maximum absolute atomic E-state index is 13.1. The van der Waals surface area contributed by atoms with Crippen LogP contribution in [0.3, 0.4) is 0 Å². The fourth-order valence-electron chi connectivity index (χ4n) is 1.96. The summed E-state index contributed by atoms with van der Waals surface area (Å²) in [4.78, 5) is 24.1. The van der Waals surface area contributed by atoms with Gasteiger partial charge in [0.25, 0.3) is 11.8 Å². The van der Waals surface area contributed by atoms with E-state index in [0.29, 0.717) is 11.1 Å². The molecule has 0 radical (unpaired) electrons. The molecule has 2 aromatic carbocycles. The van der Waals surface area contributed by atoms with E-state index in [2.05, 4.69) is 10.6 Å². The number of carbonyl (C=O) groups is 2. The van der Waals surface area contributed by atoms with Gasteiger partial charge in [-0.05, 0) is 57.2 Å². The Labute approximate surface area is 138 Å². The standard InChI is InChI=1S/C18H18F2N2O2/c1-18(2,3)22-17(24)12-6-4-11(5-7-12)16(23)21-13-8-9-14(19)15(20)10-13/h4-10H,1-3H3,(H,21,23)(H,22,24). The lowest BCUT2D eigenvalue weighted by Crippen LogP contribution is -2.40. The van der Waals surface area contributed by atoms with Crippen molar-refractivity contribution < 1.29 is 18.4 Å². The highest BCUT2D eigenvalue weighted by Crippen LogP contribution is 2.15. The number of anilines is 1. The second-order valence-electron chi connectivity index (χ2n) is 6.36. The molecule has 0 atom stereocenters. The van der Waals surface area contributed by atoms with Gasteiger partial charge in [-0.2, -0.15) is 0 Å². The van der Waals surface area contributed by atoms with Crippen LogP contribution in [0.2, 0.25) is 0 Å². The summed E-state index contributed by atoms with van der Waals surface area (Å²) in [6.07, 6.45) is 0. The molecule has 0 aliphatic rings. The van der Waals surface area contributed by atoms with Gasteiger partial charge in [-0.1, -0.05) is 0 Å². The lowest BCUT2D eigenvalue weighted by atomic mass is 10.1. The number of rotatable bonds is 3. The van der Waals surface area contributed by atoms with Crippen LogP contribution < -0.4 is 10.6 Å². The maximum Gasteiger partial charge on any atom is 0.255 e. The highest BCUT2D eigenvalue weighted by Gasteiger charge is 2.16. The Hall–Kier alpha value is -2.76. The van der Waals surface area contributed by atoms with Gasteiger partial charge in [0, 0.05) is 28.4 Å². The first kappa shape index (κ1) is 17.6. The highest BCUT2D eigenvalue weighted by molar-refractivity contribution is 6.05. The van der Waals surface area contributed by atoms with E-state index >= 15 is 0 Å².